The zero-order valence-electron chi connectivity index (χ0n) is 12.5. The first-order valence-corrected chi connectivity index (χ1v) is 9.13. The molecule has 0 aromatic heterocycles. The number of hydrogen-bond acceptors (Lipinski definition) is 3. The fraction of sp³-hybridized carbons (Fsp3) is 0.333. The summed E-state index contributed by atoms with van der Waals surface area (Å²) < 4.78 is 25.5. The maximum absolute atomic E-state index is 12.8. The van der Waals surface area contributed by atoms with Gasteiger partial charge in [0.2, 0.25) is 0 Å². The van der Waals surface area contributed by atoms with Gasteiger partial charge >= 0.3 is 0 Å². The average molecular weight is 316 g/mol. The van der Waals surface area contributed by atoms with Crippen LogP contribution in [0, 0.1) is 5.92 Å². The van der Waals surface area contributed by atoms with Gasteiger partial charge in [-0.1, -0.05) is 49.4 Å². The van der Waals surface area contributed by atoms with Crippen molar-refractivity contribution in [2.75, 3.05) is 6.61 Å². The zero-order valence-corrected chi connectivity index (χ0v) is 13.3. The lowest BCUT2D eigenvalue weighted by Crippen LogP contribution is -2.11. The molecular formula is C18H20O3S. The molecule has 22 heavy (non-hydrogen) atoms. The number of aliphatic hydroxyl groups excluding tert-OH is 1. The Hall–Kier alpha value is -1.65. The second-order valence-corrected chi connectivity index (χ2v) is 7.90. The van der Waals surface area contributed by atoms with Crippen LogP contribution in [0.1, 0.15) is 24.0 Å². The lowest BCUT2D eigenvalue weighted by atomic mass is 10.1. The number of hydrogen-bond donors (Lipinski definition) is 1. The molecule has 4 heteroatoms. The van der Waals surface area contributed by atoms with Gasteiger partial charge in [0.05, 0.1) is 10.1 Å². The highest BCUT2D eigenvalue weighted by Crippen LogP contribution is 2.53. The minimum Gasteiger partial charge on any atom is -0.396 e. The molecule has 2 aromatic carbocycles. The number of sulfone groups is 1. The van der Waals surface area contributed by atoms with Crippen LogP contribution in [0.25, 0.3) is 0 Å². The molecular weight excluding hydrogens is 296 g/mol. The second kappa shape index (κ2) is 5.86. The Kier molecular flexibility index (Phi) is 4.06. The fourth-order valence-corrected chi connectivity index (χ4v) is 5.38. The molecule has 0 amide bonds. The summed E-state index contributed by atoms with van der Waals surface area (Å²) in [6.07, 6.45) is 0.958. The predicted octanol–water partition coefficient (Wildman–Crippen LogP) is 2.80. The van der Waals surface area contributed by atoms with Crippen LogP contribution in [0.2, 0.25) is 0 Å². The topological polar surface area (TPSA) is 54.4 Å². The van der Waals surface area contributed by atoms with E-state index < -0.39 is 15.1 Å². The normalized spacial score (nSPS) is 24.2. The van der Waals surface area contributed by atoms with Gasteiger partial charge in [0.15, 0.2) is 9.84 Å². The quantitative estimate of drug-likeness (QED) is 0.923. The molecule has 3 atom stereocenters. The summed E-state index contributed by atoms with van der Waals surface area (Å²) >= 11 is 0. The highest BCUT2D eigenvalue weighted by Gasteiger charge is 2.58. The van der Waals surface area contributed by atoms with E-state index in [4.69, 9.17) is 0 Å². The molecule has 1 aliphatic carbocycles. The van der Waals surface area contributed by atoms with Crippen LogP contribution in [0.5, 0.6) is 0 Å². The molecule has 0 radical (unpaired) electrons. The minimum absolute atomic E-state index is 0.100. The number of aryl methyl sites for hydroxylation is 1. The van der Waals surface area contributed by atoms with Crippen molar-refractivity contribution in [3.63, 3.8) is 0 Å². The predicted molar refractivity (Wildman–Crippen MR) is 86.6 cm³/mol. The molecule has 1 saturated carbocycles. The van der Waals surface area contributed by atoms with Crippen molar-refractivity contribution >= 4 is 9.84 Å². The lowest BCUT2D eigenvalue weighted by molar-refractivity contribution is 0.274. The Labute approximate surface area is 131 Å². The van der Waals surface area contributed by atoms with Crippen LogP contribution in [0.3, 0.4) is 0 Å². The summed E-state index contributed by atoms with van der Waals surface area (Å²) in [4.78, 5) is 0.339. The zero-order chi connectivity index (χ0) is 15.7. The van der Waals surface area contributed by atoms with Gasteiger partial charge in [0.25, 0.3) is 0 Å². The molecule has 0 unspecified atom stereocenters. The van der Waals surface area contributed by atoms with Crippen LogP contribution >= 0.6 is 0 Å². The van der Waals surface area contributed by atoms with Gasteiger partial charge in [-0.3, -0.25) is 0 Å². The summed E-state index contributed by atoms with van der Waals surface area (Å²) in [7, 11) is -3.40. The third-order valence-electron chi connectivity index (χ3n) is 4.51. The highest BCUT2D eigenvalue weighted by atomic mass is 32.2. The standard InChI is InChI=1S/C18H20O3S/c1-2-13-8-10-14(11-9-13)17-16(12-19)18(17)22(20,21)15-6-4-3-5-7-15/h3-11,16-19H,2,12H2,1H3/t16-,17-,18+/m1/s1. The molecule has 0 spiro atoms. The maximum Gasteiger partial charge on any atom is 0.182 e. The molecule has 2 aromatic rings. The van der Waals surface area contributed by atoms with Crippen molar-refractivity contribution in [3.05, 3.63) is 65.7 Å². The Morgan fingerprint density at radius 1 is 1.00 bits per heavy atom. The Morgan fingerprint density at radius 3 is 2.18 bits per heavy atom. The minimum atomic E-state index is -3.40. The van der Waals surface area contributed by atoms with E-state index in [1.54, 1.807) is 30.3 Å². The molecule has 1 aliphatic rings. The van der Waals surface area contributed by atoms with Gasteiger partial charge in [-0.15, -0.1) is 0 Å². The third kappa shape index (κ3) is 2.57. The van der Waals surface area contributed by atoms with Crippen LogP contribution in [0.4, 0.5) is 0 Å². The summed E-state index contributed by atoms with van der Waals surface area (Å²) in [5.41, 5.74) is 2.23. The van der Waals surface area contributed by atoms with E-state index in [1.807, 2.05) is 24.3 Å². The Morgan fingerprint density at radius 2 is 1.64 bits per heavy atom. The first-order chi connectivity index (χ1) is 10.6. The molecule has 116 valence electrons. The molecule has 1 N–H and O–H groups in total. The van der Waals surface area contributed by atoms with Gasteiger partial charge in [0.1, 0.15) is 0 Å². The lowest BCUT2D eigenvalue weighted by Gasteiger charge is -2.04. The Bertz CT molecular complexity index is 736. The molecule has 0 heterocycles. The summed E-state index contributed by atoms with van der Waals surface area (Å²) in [6, 6.07) is 16.6. The van der Waals surface area contributed by atoms with Crippen LogP contribution in [-0.4, -0.2) is 25.4 Å². The largest absolute Gasteiger partial charge is 0.396 e. The van der Waals surface area contributed by atoms with E-state index in [0.29, 0.717) is 4.90 Å². The van der Waals surface area contributed by atoms with E-state index in [9.17, 15) is 13.5 Å². The van der Waals surface area contributed by atoms with Crippen LogP contribution in [0.15, 0.2) is 59.5 Å². The van der Waals surface area contributed by atoms with Crippen molar-refractivity contribution in [1.29, 1.82) is 0 Å². The Balaban J connectivity index is 1.91. The summed E-state index contributed by atoms with van der Waals surface area (Å²) in [5.74, 6) is -0.321. The number of benzene rings is 2. The maximum atomic E-state index is 12.8. The van der Waals surface area contributed by atoms with Gasteiger partial charge in [0, 0.05) is 18.4 Å². The second-order valence-electron chi connectivity index (χ2n) is 5.79. The molecule has 0 bridgehead atoms. The average Bonchev–Trinajstić information content (AvgIpc) is 3.31. The first-order valence-electron chi connectivity index (χ1n) is 7.58. The monoisotopic (exact) mass is 316 g/mol. The van der Waals surface area contributed by atoms with Gasteiger partial charge in [-0.25, -0.2) is 8.42 Å². The van der Waals surface area contributed by atoms with E-state index in [1.165, 1.54) is 5.56 Å². The SMILES string of the molecule is CCc1ccc([C@@H]2[C@@H](CO)[C@@H]2S(=O)(=O)c2ccccc2)cc1. The number of rotatable bonds is 5. The van der Waals surface area contributed by atoms with Crippen molar-refractivity contribution < 1.29 is 13.5 Å². The van der Waals surface area contributed by atoms with Gasteiger partial charge in [-0.05, 0) is 29.7 Å². The van der Waals surface area contributed by atoms with Crippen molar-refractivity contribution in [1.82, 2.24) is 0 Å². The van der Waals surface area contributed by atoms with E-state index in [-0.39, 0.29) is 18.4 Å². The van der Waals surface area contributed by atoms with Crippen molar-refractivity contribution in [2.45, 2.75) is 29.4 Å². The van der Waals surface area contributed by atoms with Gasteiger partial charge < -0.3 is 5.11 Å². The van der Waals surface area contributed by atoms with Crippen molar-refractivity contribution in [2.24, 2.45) is 5.92 Å². The molecule has 3 rings (SSSR count). The fourth-order valence-electron chi connectivity index (χ4n) is 3.16. The molecule has 0 aliphatic heterocycles. The van der Waals surface area contributed by atoms with Crippen LogP contribution in [-0.2, 0) is 16.3 Å². The molecule has 1 fully saturated rings. The van der Waals surface area contributed by atoms with Gasteiger partial charge in [-0.2, -0.15) is 0 Å². The molecule has 0 saturated heterocycles. The first kappa shape index (κ1) is 15.3. The van der Waals surface area contributed by atoms with Crippen LogP contribution < -0.4 is 0 Å². The summed E-state index contributed by atoms with van der Waals surface area (Å²) in [5, 5.41) is 9.03. The van der Waals surface area contributed by atoms with Crippen molar-refractivity contribution in [3.8, 4) is 0 Å². The van der Waals surface area contributed by atoms with E-state index >= 15 is 0 Å². The molecule has 3 nitrogen and oxygen atoms in total. The number of aliphatic hydroxyl groups is 1. The highest BCUT2D eigenvalue weighted by molar-refractivity contribution is 7.92. The smallest absolute Gasteiger partial charge is 0.182 e. The van der Waals surface area contributed by atoms with E-state index in [0.717, 1.165) is 12.0 Å². The van der Waals surface area contributed by atoms with E-state index in [2.05, 4.69) is 6.92 Å². The third-order valence-corrected chi connectivity index (χ3v) is 6.80. The summed E-state index contributed by atoms with van der Waals surface area (Å²) in [6.45, 7) is 1.99.